The van der Waals surface area contributed by atoms with Crippen molar-refractivity contribution in [1.82, 2.24) is 0 Å². The van der Waals surface area contributed by atoms with Crippen molar-refractivity contribution in [2.24, 2.45) is 0 Å². The quantitative estimate of drug-likeness (QED) is 0.0890. The van der Waals surface area contributed by atoms with Crippen LogP contribution < -0.4 is 0 Å². The molecule has 0 heterocycles. The smallest absolute Gasteiger partial charge is 0.302 e. The molecule has 1 aliphatic carbocycles. The van der Waals surface area contributed by atoms with Gasteiger partial charge in [-0.1, -0.05) is 6.42 Å². The van der Waals surface area contributed by atoms with Crippen molar-refractivity contribution in [2.75, 3.05) is 0 Å². The number of thiol groups is 1. The minimum Gasteiger partial charge on any atom is -0.302 e. The van der Waals surface area contributed by atoms with Gasteiger partial charge in [0.25, 0.3) is 0 Å². The number of rotatable bonds is 12. The maximum atomic E-state index is 11.9. The van der Waals surface area contributed by atoms with Gasteiger partial charge in [-0.05, 0) is 25.7 Å². The first-order chi connectivity index (χ1) is 13.9. The Morgan fingerprint density at radius 3 is 1.19 bits per heavy atom. The molecule has 0 spiro atoms. The summed E-state index contributed by atoms with van der Waals surface area (Å²) in [5.41, 5.74) is 0. The van der Waals surface area contributed by atoms with E-state index in [1.807, 2.05) is 0 Å². The Balaban J connectivity index is 2.85. The monoisotopic (exact) mass is 612 g/mol. The van der Waals surface area contributed by atoms with E-state index < -0.39 is 51.9 Å². The Labute approximate surface area is 184 Å². The lowest BCUT2D eigenvalue weighted by Gasteiger charge is -2.33. The summed E-state index contributed by atoms with van der Waals surface area (Å²) in [6.45, 7) is 0. The van der Waals surface area contributed by atoms with Crippen molar-refractivity contribution in [1.29, 1.82) is 0 Å². The van der Waals surface area contributed by atoms with Crippen LogP contribution in [0.2, 0.25) is 0 Å². The largest absolute Gasteiger partial charge is 0.490 e. The van der Waals surface area contributed by atoms with E-state index in [1.54, 1.807) is 0 Å². The first-order valence-electron chi connectivity index (χ1n) is 7.64. The highest BCUT2D eigenvalue weighted by Crippen LogP contribution is 2.75. The van der Waals surface area contributed by atoms with E-state index in [4.69, 9.17) is 19.6 Å². The second kappa shape index (κ2) is 10.7. The molecule has 0 aromatic carbocycles. The predicted molar refractivity (Wildman–Crippen MR) is 102 cm³/mol. The Morgan fingerprint density at radius 2 is 0.844 bits per heavy atom. The van der Waals surface area contributed by atoms with Crippen LogP contribution in [0.25, 0.3) is 0 Å². The zero-order chi connectivity index (χ0) is 25.3. The first-order valence-corrected chi connectivity index (χ1v) is 17.1. The summed E-state index contributed by atoms with van der Waals surface area (Å²) in [5, 5.41) is 0. The van der Waals surface area contributed by atoms with Crippen molar-refractivity contribution in [3.63, 3.8) is 0 Å². The molecule has 5 atom stereocenters. The number of phosphoric ester groups is 1. The second-order valence-electron chi connectivity index (χ2n) is 5.84. The van der Waals surface area contributed by atoms with E-state index >= 15 is 0 Å². The van der Waals surface area contributed by atoms with Crippen LogP contribution in [0.4, 0.5) is 0 Å². The van der Waals surface area contributed by atoms with Crippen LogP contribution in [0, 0.1) is 0 Å². The van der Waals surface area contributed by atoms with Crippen molar-refractivity contribution in [3.8, 4) is 0 Å². The molecule has 0 amide bonds. The molecule has 0 aromatic heterocycles. The average molecular weight is 612 g/mol. The standard InChI is InChI=1S/C6H18O19P6S/c7-26(8,9)21-28(12,13)23-30(16,17)25-31(18,19)24-29(14,15)22-27(10,11)20-6(32)4-2-1-3-5-6/h32H,1-5H2,(H,10,11)(H,12,13)(H,14,15)(H,16,17)(H,18,19)(H2,7,8,9). The van der Waals surface area contributed by atoms with Crippen molar-refractivity contribution >= 4 is 59.6 Å². The molecule has 5 unspecified atom stereocenters. The van der Waals surface area contributed by atoms with E-state index in [2.05, 4.69) is 38.7 Å². The van der Waals surface area contributed by atoms with Gasteiger partial charge in [-0.25, -0.2) is 27.4 Å². The summed E-state index contributed by atoms with van der Waals surface area (Å²) >= 11 is 4.02. The number of hydrogen-bond donors (Lipinski definition) is 8. The lowest BCUT2D eigenvalue weighted by atomic mass is 9.97. The SMILES string of the molecule is O=P(O)(O)OP(=O)(O)OP(=O)(O)OP(=O)(O)OP(=O)(O)OP(=O)(O)OC1(S)CCCCC1. The highest BCUT2D eigenvalue weighted by Gasteiger charge is 2.50. The Morgan fingerprint density at radius 1 is 0.531 bits per heavy atom. The van der Waals surface area contributed by atoms with Crippen LogP contribution in [0.5, 0.6) is 0 Å². The summed E-state index contributed by atoms with van der Waals surface area (Å²) in [4.78, 5) is 61.5. The van der Waals surface area contributed by atoms with Crippen LogP contribution in [-0.2, 0) is 53.5 Å². The minimum atomic E-state index is -6.28. The zero-order valence-corrected chi connectivity index (χ0v) is 21.5. The molecule has 0 radical (unpaired) electrons. The van der Waals surface area contributed by atoms with Gasteiger partial charge in [0.1, 0.15) is 4.93 Å². The maximum Gasteiger partial charge on any atom is 0.490 e. The topological polar surface area (TPSA) is 299 Å². The molecule has 19 nitrogen and oxygen atoms in total. The maximum absolute atomic E-state index is 11.9. The average Bonchev–Trinajstić information content (AvgIpc) is 2.37. The highest BCUT2D eigenvalue weighted by atomic mass is 32.1. The molecule has 0 bridgehead atoms. The zero-order valence-electron chi connectivity index (χ0n) is 15.2. The van der Waals surface area contributed by atoms with E-state index in [-0.39, 0.29) is 12.8 Å². The van der Waals surface area contributed by atoms with Gasteiger partial charge < -0.3 is 34.3 Å². The van der Waals surface area contributed by atoms with Gasteiger partial charge >= 0.3 is 46.9 Å². The van der Waals surface area contributed by atoms with Crippen LogP contribution in [0.3, 0.4) is 0 Å². The molecule has 0 aliphatic heterocycles. The van der Waals surface area contributed by atoms with Gasteiger partial charge in [0, 0.05) is 0 Å². The van der Waals surface area contributed by atoms with Crippen molar-refractivity contribution in [3.05, 3.63) is 0 Å². The minimum absolute atomic E-state index is 0.130. The molecule has 7 N–H and O–H groups in total. The Bertz CT molecular complexity index is 963. The third-order valence-electron chi connectivity index (χ3n) is 2.96. The molecular formula is C6H18O19P6S. The number of hydrogen-bond acceptors (Lipinski definition) is 13. The van der Waals surface area contributed by atoms with Gasteiger partial charge in [-0.15, -0.1) is 12.6 Å². The van der Waals surface area contributed by atoms with Crippen LogP contribution in [0.15, 0.2) is 0 Å². The van der Waals surface area contributed by atoms with Gasteiger partial charge in [0.15, 0.2) is 0 Å². The predicted octanol–water partition coefficient (Wildman–Crippen LogP) is 2.27. The van der Waals surface area contributed by atoms with Gasteiger partial charge in [-0.3, -0.25) is 4.52 Å². The summed E-state index contributed by atoms with van der Waals surface area (Å²) in [7, 11) is -36.0. The summed E-state index contributed by atoms with van der Waals surface area (Å²) in [5.74, 6) is 0. The summed E-state index contributed by atoms with van der Waals surface area (Å²) < 4.78 is 90.3. The fourth-order valence-corrected chi connectivity index (χ4v) is 10.3. The molecule has 1 saturated carbocycles. The highest BCUT2D eigenvalue weighted by molar-refractivity contribution is 7.82. The molecule has 32 heavy (non-hydrogen) atoms. The molecule has 192 valence electrons. The molecule has 1 rings (SSSR count). The molecular weight excluding hydrogens is 594 g/mol. The first kappa shape index (κ1) is 31.2. The van der Waals surface area contributed by atoms with Crippen molar-refractivity contribution in [2.45, 2.75) is 37.0 Å². The molecule has 0 saturated heterocycles. The van der Waals surface area contributed by atoms with Crippen molar-refractivity contribution < 1.29 is 87.7 Å². The Kier molecular flexibility index (Phi) is 10.4. The summed E-state index contributed by atoms with van der Waals surface area (Å²) in [6.07, 6.45) is 2.04. The Hall–Kier alpha value is 1.21. The van der Waals surface area contributed by atoms with E-state index in [0.717, 1.165) is 6.42 Å². The third-order valence-corrected chi connectivity index (χ3v) is 12.5. The molecule has 1 fully saturated rings. The van der Waals surface area contributed by atoms with Crippen LogP contribution in [0.1, 0.15) is 32.1 Å². The van der Waals surface area contributed by atoms with Crippen LogP contribution in [-0.4, -0.2) is 39.2 Å². The van der Waals surface area contributed by atoms with Gasteiger partial charge in [0.2, 0.25) is 0 Å². The third kappa shape index (κ3) is 12.8. The fourth-order valence-electron chi connectivity index (χ4n) is 2.14. The molecule has 26 heteroatoms. The normalized spacial score (nSPS) is 26.6. The van der Waals surface area contributed by atoms with Gasteiger partial charge in [0.05, 0.1) is 0 Å². The lowest BCUT2D eigenvalue weighted by Crippen LogP contribution is -2.27. The van der Waals surface area contributed by atoms with E-state index in [0.29, 0.717) is 12.8 Å². The van der Waals surface area contributed by atoms with Gasteiger partial charge in [-0.2, -0.15) is 21.6 Å². The van der Waals surface area contributed by atoms with E-state index in [1.165, 1.54) is 0 Å². The number of phosphoric acid groups is 6. The molecule has 1 aliphatic rings. The van der Waals surface area contributed by atoms with Crippen LogP contribution >= 0.6 is 59.6 Å². The molecule has 0 aromatic rings. The van der Waals surface area contributed by atoms with E-state index in [9.17, 15) is 42.1 Å². The fraction of sp³-hybridized carbons (Fsp3) is 1.00. The summed E-state index contributed by atoms with van der Waals surface area (Å²) in [6, 6.07) is 0. The second-order valence-corrected chi connectivity index (χ2v) is 15.8. The lowest BCUT2D eigenvalue weighted by molar-refractivity contribution is 0.0770.